The predicted molar refractivity (Wildman–Crippen MR) is 79.6 cm³/mol. The van der Waals surface area contributed by atoms with Gasteiger partial charge in [-0.15, -0.1) is 0 Å². The average molecular weight is 312 g/mol. The summed E-state index contributed by atoms with van der Waals surface area (Å²) >= 11 is 5.89. The van der Waals surface area contributed by atoms with Crippen LogP contribution in [-0.4, -0.2) is 67.5 Å². The molecule has 0 bridgehead atoms. The van der Waals surface area contributed by atoms with E-state index >= 15 is 0 Å². The van der Waals surface area contributed by atoms with Gasteiger partial charge < -0.3 is 15.3 Å². The number of nitrogens with one attached hydrogen (secondary N) is 1. The van der Waals surface area contributed by atoms with Crippen LogP contribution in [-0.2, 0) is 0 Å². The highest BCUT2D eigenvalue weighted by Gasteiger charge is 2.21. The first-order chi connectivity index (χ1) is 9.85. The molecule has 0 spiro atoms. The van der Waals surface area contributed by atoms with Crippen molar-refractivity contribution in [2.45, 2.75) is 12.5 Å². The quantitative estimate of drug-likeness (QED) is 0.799. The summed E-state index contributed by atoms with van der Waals surface area (Å²) < 4.78 is 1.48. The molecule has 2 heterocycles. The standard InChI is InChI=1S/C12H18ClN7O/c1-12(21,8-19(2)3)7-14-10-16-9(13)17-11(18-10)20-6-4-5-15-20/h4-6,21H,7-8H2,1-3H3,(H,14,16,17,18). The number of anilines is 1. The molecule has 0 aliphatic rings. The topological polar surface area (TPSA) is 92.0 Å². The van der Waals surface area contributed by atoms with E-state index < -0.39 is 5.60 Å². The first-order valence-corrected chi connectivity index (χ1v) is 6.76. The van der Waals surface area contributed by atoms with Gasteiger partial charge in [-0.2, -0.15) is 20.1 Å². The summed E-state index contributed by atoms with van der Waals surface area (Å²) in [6.07, 6.45) is 3.32. The Balaban J connectivity index is 2.10. The first-order valence-electron chi connectivity index (χ1n) is 6.38. The molecule has 0 fully saturated rings. The number of aliphatic hydroxyl groups is 1. The molecule has 2 aromatic rings. The lowest BCUT2D eigenvalue weighted by Gasteiger charge is -2.27. The van der Waals surface area contributed by atoms with Crippen molar-refractivity contribution in [3.63, 3.8) is 0 Å². The third-order valence-electron chi connectivity index (χ3n) is 2.59. The number of hydrogen-bond acceptors (Lipinski definition) is 7. The van der Waals surface area contributed by atoms with Crippen LogP contribution in [0.15, 0.2) is 18.5 Å². The molecule has 1 unspecified atom stereocenters. The van der Waals surface area contributed by atoms with Crippen molar-refractivity contribution < 1.29 is 5.11 Å². The smallest absolute Gasteiger partial charge is 0.256 e. The number of halogens is 1. The van der Waals surface area contributed by atoms with Gasteiger partial charge in [-0.25, -0.2) is 4.68 Å². The van der Waals surface area contributed by atoms with Crippen LogP contribution < -0.4 is 5.32 Å². The summed E-state index contributed by atoms with van der Waals surface area (Å²) in [5, 5.41) is 17.3. The van der Waals surface area contributed by atoms with Crippen LogP contribution >= 0.6 is 11.6 Å². The maximum absolute atomic E-state index is 10.2. The maximum Gasteiger partial charge on any atom is 0.256 e. The third kappa shape index (κ3) is 4.62. The molecule has 1 atom stereocenters. The van der Waals surface area contributed by atoms with Crippen LogP contribution in [0.4, 0.5) is 5.95 Å². The Hall–Kier alpha value is -1.77. The van der Waals surface area contributed by atoms with Gasteiger partial charge in [0.1, 0.15) is 0 Å². The molecule has 2 N–H and O–H groups in total. The highest BCUT2D eigenvalue weighted by atomic mass is 35.5. The Morgan fingerprint density at radius 2 is 2.14 bits per heavy atom. The van der Waals surface area contributed by atoms with Gasteiger partial charge in [0, 0.05) is 25.5 Å². The van der Waals surface area contributed by atoms with E-state index in [9.17, 15) is 5.11 Å². The fraction of sp³-hybridized carbons (Fsp3) is 0.500. The molecule has 0 aliphatic carbocycles. The Bertz CT molecular complexity index is 585. The summed E-state index contributed by atoms with van der Waals surface area (Å²) in [6, 6.07) is 1.76. The van der Waals surface area contributed by atoms with Crippen LogP contribution in [0.25, 0.3) is 5.95 Å². The van der Waals surface area contributed by atoms with Crippen LogP contribution in [0, 0.1) is 0 Å². The van der Waals surface area contributed by atoms with Crippen molar-refractivity contribution in [2.75, 3.05) is 32.5 Å². The van der Waals surface area contributed by atoms with Gasteiger partial charge in [-0.05, 0) is 38.7 Å². The van der Waals surface area contributed by atoms with E-state index in [0.717, 1.165) is 0 Å². The van der Waals surface area contributed by atoms with Crippen LogP contribution in [0.1, 0.15) is 6.92 Å². The molecule has 0 aliphatic heterocycles. The lowest BCUT2D eigenvalue weighted by Crippen LogP contribution is -2.43. The van der Waals surface area contributed by atoms with Crippen LogP contribution in [0.2, 0.25) is 5.28 Å². The number of aromatic nitrogens is 5. The SMILES string of the molecule is CN(C)CC(C)(O)CNc1nc(Cl)nc(-n2cccn2)n1. The lowest BCUT2D eigenvalue weighted by molar-refractivity contribution is 0.0458. The van der Waals surface area contributed by atoms with E-state index in [1.807, 2.05) is 19.0 Å². The minimum Gasteiger partial charge on any atom is -0.387 e. The maximum atomic E-state index is 10.2. The highest BCUT2D eigenvalue weighted by Crippen LogP contribution is 2.11. The fourth-order valence-corrected chi connectivity index (χ4v) is 2.07. The van der Waals surface area contributed by atoms with Gasteiger partial charge in [0.15, 0.2) is 0 Å². The Morgan fingerprint density at radius 3 is 2.76 bits per heavy atom. The first kappa shape index (κ1) is 15.6. The second-order valence-corrected chi connectivity index (χ2v) is 5.61. The molecule has 0 amide bonds. The minimum absolute atomic E-state index is 0.0604. The van der Waals surface area contributed by atoms with Crippen molar-refractivity contribution in [1.82, 2.24) is 29.6 Å². The molecule has 9 heteroatoms. The van der Waals surface area contributed by atoms with E-state index in [2.05, 4.69) is 25.4 Å². The van der Waals surface area contributed by atoms with Gasteiger partial charge >= 0.3 is 0 Å². The number of nitrogens with zero attached hydrogens (tertiary/aromatic N) is 6. The molecule has 21 heavy (non-hydrogen) atoms. The summed E-state index contributed by atoms with van der Waals surface area (Å²) in [7, 11) is 3.79. The van der Waals surface area contributed by atoms with Gasteiger partial charge in [0.25, 0.3) is 5.95 Å². The zero-order valence-corrected chi connectivity index (χ0v) is 12.9. The molecular weight excluding hydrogens is 294 g/mol. The number of likely N-dealkylation sites (N-methyl/N-ethyl adjacent to an activating group) is 1. The van der Waals surface area contributed by atoms with Crippen molar-refractivity contribution in [3.05, 3.63) is 23.7 Å². The summed E-state index contributed by atoms with van der Waals surface area (Å²) in [6.45, 7) is 2.52. The molecular formula is C12H18ClN7O. The molecule has 8 nitrogen and oxygen atoms in total. The zero-order chi connectivity index (χ0) is 15.5. The normalized spacial score (nSPS) is 14.2. The minimum atomic E-state index is -0.922. The van der Waals surface area contributed by atoms with Gasteiger partial charge in [-0.1, -0.05) is 0 Å². The van der Waals surface area contributed by atoms with Crippen molar-refractivity contribution >= 4 is 17.5 Å². The second-order valence-electron chi connectivity index (χ2n) is 5.27. The summed E-state index contributed by atoms with van der Waals surface area (Å²) in [5.41, 5.74) is -0.922. The monoisotopic (exact) mass is 311 g/mol. The Morgan fingerprint density at radius 1 is 1.38 bits per heavy atom. The summed E-state index contributed by atoms with van der Waals surface area (Å²) in [5.74, 6) is 0.606. The van der Waals surface area contributed by atoms with E-state index in [-0.39, 0.29) is 11.8 Å². The van der Waals surface area contributed by atoms with E-state index in [1.54, 1.807) is 25.4 Å². The molecule has 0 saturated carbocycles. The Kier molecular flexibility index (Phi) is 4.71. The van der Waals surface area contributed by atoms with Crippen molar-refractivity contribution in [1.29, 1.82) is 0 Å². The average Bonchev–Trinajstić information content (AvgIpc) is 2.88. The number of rotatable bonds is 6. The van der Waals surface area contributed by atoms with Gasteiger partial charge in [0.05, 0.1) is 5.60 Å². The highest BCUT2D eigenvalue weighted by molar-refractivity contribution is 6.28. The largest absolute Gasteiger partial charge is 0.387 e. The van der Waals surface area contributed by atoms with E-state index in [4.69, 9.17) is 11.6 Å². The van der Waals surface area contributed by atoms with Crippen molar-refractivity contribution in [3.8, 4) is 5.95 Å². The molecule has 2 aromatic heterocycles. The van der Waals surface area contributed by atoms with E-state index in [0.29, 0.717) is 18.4 Å². The third-order valence-corrected chi connectivity index (χ3v) is 2.76. The summed E-state index contributed by atoms with van der Waals surface area (Å²) in [4.78, 5) is 14.1. The molecule has 0 aromatic carbocycles. The Labute approximate surface area is 127 Å². The predicted octanol–water partition coefficient (Wildman–Crippen LogP) is 0.435. The van der Waals surface area contributed by atoms with Crippen LogP contribution in [0.3, 0.4) is 0 Å². The van der Waals surface area contributed by atoms with Crippen molar-refractivity contribution in [2.24, 2.45) is 0 Å². The molecule has 0 saturated heterocycles. The zero-order valence-electron chi connectivity index (χ0n) is 12.2. The molecule has 0 radical (unpaired) electrons. The molecule has 114 valence electrons. The van der Waals surface area contributed by atoms with E-state index in [1.165, 1.54) is 4.68 Å². The second kappa shape index (κ2) is 6.33. The fourth-order valence-electron chi connectivity index (χ4n) is 1.91. The van der Waals surface area contributed by atoms with Gasteiger partial charge in [0.2, 0.25) is 11.2 Å². The van der Waals surface area contributed by atoms with Gasteiger partial charge in [-0.3, -0.25) is 0 Å². The lowest BCUT2D eigenvalue weighted by atomic mass is 10.1. The van der Waals surface area contributed by atoms with Crippen LogP contribution in [0.5, 0.6) is 0 Å². The number of hydrogen-bond donors (Lipinski definition) is 2. The molecule has 2 rings (SSSR count).